The molecule has 2 fully saturated rings. The first kappa shape index (κ1) is 94.3. The van der Waals surface area contributed by atoms with Crippen LogP contribution >= 0.6 is 11.3 Å². The molecule has 2 heterocycles. The summed E-state index contributed by atoms with van der Waals surface area (Å²) < 4.78 is 9.86. The number of likely N-dealkylation sites (tertiary alicyclic amines) is 1. The average Bonchev–Trinajstić information content (AvgIpc) is 4.20. The molecule has 1 aromatic heterocycles. The maximum absolute atomic E-state index is 12.4. The Morgan fingerprint density at radius 3 is 1.89 bits per heavy atom. The van der Waals surface area contributed by atoms with Gasteiger partial charge in [0.2, 0.25) is 0 Å². The summed E-state index contributed by atoms with van der Waals surface area (Å²) in [5.74, 6) is -0.183. The number of hydrogen-bond acceptors (Lipinski definition) is 16. The summed E-state index contributed by atoms with van der Waals surface area (Å²) in [5, 5.41) is 41.2. The third kappa shape index (κ3) is 68.6. The third-order valence-electron chi connectivity index (χ3n) is 12.3. The molecule has 1 aliphatic heterocycles. The highest BCUT2D eigenvalue weighted by atomic mass is 32.1. The maximum Gasteiger partial charge on any atom is 0.315 e. The fraction of sp³-hybridized carbons (Fsp3) is 0.758. The van der Waals surface area contributed by atoms with Crippen molar-refractivity contribution in [3.63, 3.8) is 0 Å². The maximum atomic E-state index is 12.4. The summed E-state index contributed by atoms with van der Waals surface area (Å²) >= 11 is 1.56. The highest BCUT2D eigenvalue weighted by molar-refractivity contribution is 7.13. The number of thiazole rings is 1. The molecule has 1 saturated heterocycles. The molecule has 1 aromatic rings. The zero-order valence-corrected chi connectivity index (χ0v) is 59.1. The number of aldehydes is 1. The third-order valence-corrected chi connectivity index (χ3v) is 13.1. The van der Waals surface area contributed by atoms with Crippen LogP contribution in [0.3, 0.4) is 0 Å². The number of carboxylic acids is 1. The Labute approximate surface area is 525 Å². The molecule has 0 aromatic carbocycles. The molecule has 85 heavy (non-hydrogen) atoms. The van der Waals surface area contributed by atoms with E-state index < -0.39 is 12.2 Å². The fourth-order valence-corrected chi connectivity index (χ4v) is 8.15. The molecule has 502 valence electrons. The number of rotatable bonds is 27. The van der Waals surface area contributed by atoms with Crippen LogP contribution in [0, 0.1) is 11.3 Å². The summed E-state index contributed by atoms with van der Waals surface area (Å²) in [4.78, 5) is 53.6. The topological polar surface area (TPSA) is 231 Å². The van der Waals surface area contributed by atoms with Gasteiger partial charge in [0.1, 0.15) is 19.3 Å². The Morgan fingerprint density at radius 1 is 0.929 bits per heavy atom. The van der Waals surface area contributed by atoms with Gasteiger partial charge < -0.3 is 60.1 Å². The first-order chi connectivity index (χ1) is 40.3. The number of carbonyl (C=O) groups excluding carboxylic acids is 3. The molecule has 1 aliphatic carbocycles. The van der Waals surface area contributed by atoms with Crippen molar-refractivity contribution in [3.05, 3.63) is 59.5 Å². The number of aliphatic hydroxyl groups excluding tert-OH is 2. The molecular formula is C66H133N9O9S. The van der Waals surface area contributed by atoms with Gasteiger partial charge in [-0.2, -0.15) is 0 Å². The number of anilines is 1. The van der Waals surface area contributed by atoms with Crippen molar-refractivity contribution in [3.8, 4) is 0 Å². The minimum Gasteiger partial charge on any atom is -0.504 e. The number of nitrogens with zero attached hydrogens (tertiary/aromatic N) is 5. The minimum absolute atomic E-state index is 0.0321. The first-order valence-corrected chi connectivity index (χ1v) is 32.3. The summed E-state index contributed by atoms with van der Waals surface area (Å²) in [6.07, 6.45) is 29.2. The Hall–Kier alpha value is -4.34. The number of allylic oxidation sites excluding steroid dienone is 4. The molecule has 18 nitrogen and oxygen atoms in total. The lowest BCUT2D eigenvalue weighted by atomic mass is 9.86. The summed E-state index contributed by atoms with van der Waals surface area (Å²) in [7, 11) is 9.60. The number of nitrogens with one attached hydrogen (secondary N) is 4. The van der Waals surface area contributed by atoms with E-state index in [1.54, 1.807) is 37.8 Å². The van der Waals surface area contributed by atoms with E-state index in [1.807, 2.05) is 46.8 Å². The van der Waals surface area contributed by atoms with Gasteiger partial charge in [0.05, 0.1) is 50.9 Å². The van der Waals surface area contributed by atoms with E-state index >= 15 is 0 Å². The number of amides is 2. The smallest absolute Gasteiger partial charge is 0.315 e. The van der Waals surface area contributed by atoms with Crippen LogP contribution in [0.4, 0.5) is 9.93 Å². The lowest BCUT2D eigenvalue weighted by molar-refractivity contribution is -0.134. The van der Waals surface area contributed by atoms with Gasteiger partial charge in [0, 0.05) is 63.1 Å². The van der Waals surface area contributed by atoms with E-state index in [4.69, 9.17) is 29.3 Å². The molecule has 7 N–H and O–H groups in total. The Kier molecular flexibility index (Phi) is 76.3. The zero-order valence-electron chi connectivity index (χ0n) is 58.3. The van der Waals surface area contributed by atoms with E-state index in [1.165, 1.54) is 50.4 Å². The van der Waals surface area contributed by atoms with Crippen LogP contribution in [-0.2, 0) is 23.9 Å². The van der Waals surface area contributed by atoms with Gasteiger partial charge in [-0.25, -0.2) is 9.78 Å². The van der Waals surface area contributed by atoms with Crippen LogP contribution in [0.2, 0.25) is 0 Å². The van der Waals surface area contributed by atoms with E-state index in [0.717, 1.165) is 102 Å². The summed E-state index contributed by atoms with van der Waals surface area (Å²) in [6.45, 7) is 44.9. The summed E-state index contributed by atoms with van der Waals surface area (Å²) in [6, 6.07) is 1.01. The predicted octanol–water partition coefficient (Wildman–Crippen LogP) is 13.6. The number of aliphatic carboxylic acids is 1. The Bertz CT molecular complexity index is 1740. The van der Waals surface area contributed by atoms with E-state index in [0.29, 0.717) is 36.2 Å². The lowest BCUT2D eigenvalue weighted by Crippen LogP contribution is -2.54. The van der Waals surface area contributed by atoms with Crippen LogP contribution in [0.15, 0.2) is 58.8 Å². The molecule has 5 atom stereocenters. The van der Waals surface area contributed by atoms with Crippen molar-refractivity contribution in [2.75, 3.05) is 86.7 Å². The molecule has 19 heteroatoms. The van der Waals surface area contributed by atoms with Gasteiger partial charge in [-0.15, -0.1) is 11.3 Å². The molecular weight excluding hydrogens is 1090 g/mol. The predicted molar refractivity (Wildman–Crippen MR) is 366 cm³/mol. The Balaban J connectivity index is -0.000000181. The quantitative estimate of drug-likeness (QED) is 0.0108. The van der Waals surface area contributed by atoms with Gasteiger partial charge in [-0.1, -0.05) is 153 Å². The van der Waals surface area contributed by atoms with Gasteiger partial charge in [-0.05, 0) is 123 Å². The monoisotopic (exact) mass is 1230 g/mol. The average molecular weight is 1230 g/mol. The van der Waals surface area contributed by atoms with E-state index in [9.17, 15) is 14.7 Å². The van der Waals surface area contributed by atoms with Crippen LogP contribution < -0.4 is 21.3 Å². The largest absolute Gasteiger partial charge is 0.504 e. The number of likely N-dealkylation sites (N-methyl/N-ethyl adjacent to an activating group) is 1. The normalized spacial score (nSPS) is 15.0. The van der Waals surface area contributed by atoms with Crippen molar-refractivity contribution >= 4 is 47.8 Å². The second-order valence-electron chi connectivity index (χ2n) is 21.6. The number of urea groups is 1. The standard InChI is InChI=1S/C20H43N5O2.C12H17N3OS.C11H20O.C7H17NO.C6H12.C3H6O.C2H4O2.2C2H6.CH2O/c1-16-10-8-13-25(16)18(26)14-21-19(27)22-17(20(2,3)4)15-24(7)12-9-11-23(5)6;1-9(2)14-12-15-11(8-17-12)7-13-10(3)5-6-16-4;1-4-6-7-9-11(8-5-2)10-12-3;1-4-6(2)7(3)8-5-9;1-2-4-6-5-3-1;1-2-3-4;1-2(3)4;3*1-2/h16-18,26H,8-15H2,1-7H3,(H2,21,22,27);5-9H,3H2,1-2,4H3,(H,14,15);6-8H,4-5,9-10H2,1-3H3;6-9H,4-5H2,1-3H3;1-6H2;3H,2H2,1H3;1H3,(H,3,4);2*1-2H3;1H2/b;6-5+,13-7?;7-6-,11-8+;;;;;;;/t16-,17?,18?;;;;;;;;;/m1........./s1. The van der Waals surface area contributed by atoms with Crippen LogP contribution in [0.1, 0.15) is 213 Å². The van der Waals surface area contributed by atoms with Gasteiger partial charge >= 0.3 is 6.03 Å². The van der Waals surface area contributed by atoms with Gasteiger partial charge in [-0.3, -0.25) is 20.0 Å². The number of ether oxygens (including phenoxy) is 2. The molecule has 2 aliphatic rings. The van der Waals surface area contributed by atoms with Crippen LogP contribution in [0.5, 0.6) is 0 Å². The van der Waals surface area contributed by atoms with E-state index in [2.05, 4.69) is 168 Å². The number of methoxy groups -OCH3 is 2. The number of hydrogen-bond donors (Lipinski definition) is 7. The second-order valence-corrected chi connectivity index (χ2v) is 22.5. The number of aliphatic imine (C=N–C) groups is 1. The number of carbonyl (C=O) groups is 4. The molecule has 4 unspecified atom stereocenters. The van der Waals surface area contributed by atoms with Gasteiger partial charge in [0.25, 0.3) is 5.97 Å². The zero-order chi connectivity index (χ0) is 67.0. The van der Waals surface area contributed by atoms with Crippen molar-refractivity contribution in [2.45, 2.75) is 238 Å². The molecule has 2 amide bonds. The second kappa shape index (κ2) is 68.8. The van der Waals surface area contributed by atoms with Crippen molar-refractivity contribution < 1.29 is 44.0 Å². The van der Waals surface area contributed by atoms with Crippen molar-refractivity contribution in [2.24, 2.45) is 16.3 Å². The highest BCUT2D eigenvalue weighted by Crippen LogP contribution is 2.21. The lowest BCUT2D eigenvalue weighted by Gasteiger charge is -2.35. The highest BCUT2D eigenvalue weighted by Gasteiger charge is 2.29. The Morgan fingerprint density at radius 2 is 1.48 bits per heavy atom. The van der Waals surface area contributed by atoms with E-state index in [-0.39, 0.29) is 30.8 Å². The van der Waals surface area contributed by atoms with Gasteiger partial charge in [0.15, 0.2) is 5.13 Å². The molecule has 0 bridgehead atoms. The fourth-order valence-electron chi connectivity index (χ4n) is 7.34. The van der Waals surface area contributed by atoms with Crippen LogP contribution in [0.25, 0.3) is 0 Å². The molecule has 1 saturated carbocycles. The molecule has 0 radical (unpaired) electrons. The number of carboxylic acid groups (broad SMARTS) is 1. The first-order valence-electron chi connectivity index (χ1n) is 31.4. The number of aromatic nitrogens is 1. The SMILES string of the molecule is C1CCCCC1.C=C(/C=C/OC)N=Cc1csc(NC(C)C)n1.C=O.CC.CC.CC(=O)O.CC/C=C\C/C(=C\CC)COC.CCC(C)C(C)NCO.CCC=O.C[C@@H]1CCCN1C(O)CNC(=O)NC(CN(C)CCCN(C)C)C(C)(C)C. The number of aliphatic hydroxyl groups is 2. The van der Waals surface area contributed by atoms with Crippen LogP contribution in [-0.4, -0.2) is 178 Å². The van der Waals surface area contributed by atoms with Crippen molar-refractivity contribution in [1.29, 1.82) is 0 Å². The van der Waals surface area contributed by atoms with Crippen molar-refractivity contribution in [1.82, 2.24) is 35.6 Å². The molecule has 0 spiro atoms. The minimum atomic E-state index is -0.833. The summed E-state index contributed by atoms with van der Waals surface area (Å²) in [5.41, 5.74) is 2.78. The molecule has 3 rings (SSSR count).